The SMILES string of the molecule is CCCc1cc(-c2cccc(-c3ccccc3C)c2CC)cc(F)c1CCC(C)C. The van der Waals surface area contributed by atoms with Crippen LogP contribution in [0.4, 0.5) is 4.39 Å². The average molecular weight is 403 g/mol. The van der Waals surface area contributed by atoms with E-state index >= 15 is 4.39 Å². The summed E-state index contributed by atoms with van der Waals surface area (Å²) in [6, 6.07) is 19.0. The Morgan fingerprint density at radius 2 is 1.50 bits per heavy atom. The quantitative estimate of drug-likeness (QED) is 0.354. The summed E-state index contributed by atoms with van der Waals surface area (Å²) in [4.78, 5) is 0. The van der Waals surface area contributed by atoms with E-state index < -0.39 is 0 Å². The Labute approximate surface area is 182 Å². The number of hydrogen-bond acceptors (Lipinski definition) is 0. The van der Waals surface area contributed by atoms with Crippen LogP contribution in [0.2, 0.25) is 0 Å². The molecule has 0 aliphatic rings. The van der Waals surface area contributed by atoms with Crippen molar-refractivity contribution in [2.75, 3.05) is 0 Å². The number of benzene rings is 3. The van der Waals surface area contributed by atoms with Crippen LogP contribution in [0.25, 0.3) is 22.3 Å². The van der Waals surface area contributed by atoms with Gasteiger partial charge < -0.3 is 0 Å². The molecule has 0 spiro atoms. The zero-order chi connectivity index (χ0) is 21.7. The first kappa shape index (κ1) is 22.3. The van der Waals surface area contributed by atoms with Gasteiger partial charge in [0.1, 0.15) is 5.82 Å². The van der Waals surface area contributed by atoms with Crippen molar-refractivity contribution in [1.82, 2.24) is 0 Å². The lowest BCUT2D eigenvalue weighted by Crippen LogP contribution is -2.03. The number of halogens is 1. The van der Waals surface area contributed by atoms with Gasteiger partial charge in [0.05, 0.1) is 0 Å². The molecule has 0 fully saturated rings. The maximum absolute atomic E-state index is 15.3. The van der Waals surface area contributed by atoms with Crippen molar-refractivity contribution in [3.63, 3.8) is 0 Å². The van der Waals surface area contributed by atoms with Gasteiger partial charge in [-0.15, -0.1) is 0 Å². The third kappa shape index (κ3) is 4.83. The Morgan fingerprint density at radius 1 is 0.800 bits per heavy atom. The van der Waals surface area contributed by atoms with Gasteiger partial charge in [0.15, 0.2) is 0 Å². The molecule has 30 heavy (non-hydrogen) atoms. The highest BCUT2D eigenvalue weighted by Crippen LogP contribution is 2.36. The smallest absolute Gasteiger partial charge is 0.127 e. The van der Waals surface area contributed by atoms with E-state index in [0.717, 1.165) is 48.8 Å². The molecule has 158 valence electrons. The maximum atomic E-state index is 15.3. The molecule has 0 aliphatic heterocycles. The third-order valence-electron chi connectivity index (χ3n) is 6.05. The Kier molecular flexibility index (Phi) is 7.48. The molecule has 1 heteroatoms. The molecule has 0 N–H and O–H groups in total. The van der Waals surface area contributed by atoms with Crippen LogP contribution in [0, 0.1) is 18.7 Å². The van der Waals surface area contributed by atoms with E-state index in [1.165, 1.54) is 27.8 Å². The van der Waals surface area contributed by atoms with Crippen molar-refractivity contribution in [2.24, 2.45) is 5.92 Å². The number of hydrogen-bond donors (Lipinski definition) is 0. The Bertz CT molecular complexity index is 997. The van der Waals surface area contributed by atoms with Gasteiger partial charge in [-0.25, -0.2) is 4.39 Å². The van der Waals surface area contributed by atoms with E-state index in [4.69, 9.17) is 0 Å². The van der Waals surface area contributed by atoms with E-state index in [1.807, 2.05) is 0 Å². The Balaban J connectivity index is 2.14. The van der Waals surface area contributed by atoms with Crippen LogP contribution >= 0.6 is 0 Å². The number of rotatable bonds is 8. The molecule has 0 heterocycles. The first-order valence-corrected chi connectivity index (χ1v) is 11.5. The summed E-state index contributed by atoms with van der Waals surface area (Å²) in [5, 5.41) is 0. The fraction of sp³-hybridized carbons (Fsp3) is 0.379. The second-order valence-corrected chi connectivity index (χ2v) is 8.78. The molecular formula is C29H35F. The molecule has 0 aliphatic carbocycles. The monoisotopic (exact) mass is 402 g/mol. The molecule has 0 bridgehead atoms. The molecule has 3 aromatic rings. The molecule has 0 amide bonds. The van der Waals surface area contributed by atoms with Gasteiger partial charge in [-0.3, -0.25) is 0 Å². The topological polar surface area (TPSA) is 0 Å². The number of aryl methyl sites for hydroxylation is 2. The van der Waals surface area contributed by atoms with Gasteiger partial charge in [0.2, 0.25) is 0 Å². The molecule has 0 radical (unpaired) electrons. The average Bonchev–Trinajstić information content (AvgIpc) is 2.72. The summed E-state index contributed by atoms with van der Waals surface area (Å²) in [6.07, 6.45) is 4.72. The van der Waals surface area contributed by atoms with Crippen LogP contribution in [0.1, 0.15) is 62.8 Å². The predicted octanol–water partition coefficient (Wildman–Crippen LogP) is 8.57. The van der Waals surface area contributed by atoms with Gasteiger partial charge in [-0.05, 0) is 89.1 Å². The van der Waals surface area contributed by atoms with Crippen LogP contribution in [-0.4, -0.2) is 0 Å². The van der Waals surface area contributed by atoms with E-state index in [0.29, 0.717) is 5.92 Å². The summed E-state index contributed by atoms with van der Waals surface area (Å²) < 4.78 is 15.3. The lowest BCUT2D eigenvalue weighted by molar-refractivity contribution is 0.554. The van der Waals surface area contributed by atoms with Gasteiger partial charge in [-0.2, -0.15) is 0 Å². The van der Waals surface area contributed by atoms with Crippen LogP contribution < -0.4 is 0 Å². The first-order valence-electron chi connectivity index (χ1n) is 11.5. The fourth-order valence-corrected chi connectivity index (χ4v) is 4.42. The minimum atomic E-state index is -0.0417. The summed E-state index contributed by atoms with van der Waals surface area (Å²) in [7, 11) is 0. The predicted molar refractivity (Wildman–Crippen MR) is 129 cm³/mol. The van der Waals surface area contributed by atoms with Gasteiger partial charge in [0.25, 0.3) is 0 Å². The largest absolute Gasteiger partial charge is 0.207 e. The van der Waals surface area contributed by atoms with Crippen LogP contribution in [0.15, 0.2) is 54.6 Å². The van der Waals surface area contributed by atoms with Gasteiger partial charge in [0, 0.05) is 0 Å². The highest BCUT2D eigenvalue weighted by Gasteiger charge is 2.16. The Hall–Kier alpha value is -2.41. The molecule has 0 saturated heterocycles. The lowest BCUT2D eigenvalue weighted by atomic mass is 9.86. The second-order valence-electron chi connectivity index (χ2n) is 8.78. The van der Waals surface area contributed by atoms with Gasteiger partial charge >= 0.3 is 0 Å². The van der Waals surface area contributed by atoms with Crippen molar-refractivity contribution in [2.45, 2.75) is 66.7 Å². The Morgan fingerprint density at radius 3 is 2.17 bits per heavy atom. The highest BCUT2D eigenvalue weighted by atomic mass is 19.1. The van der Waals surface area contributed by atoms with Crippen molar-refractivity contribution in [3.8, 4) is 22.3 Å². The molecule has 0 unspecified atom stereocenters. The van der Waals surface area contributed by atoms with E-state index in [-0.39, 0.29) is 5.82 Å². The zero-order valence-corrected chi connectivity index (χ0v) is 19.2. The molecule has 0 saturated carbocycles. The van der Waals surface area contributed by atoms with Crippen molar-refractivity contribution >= 4 is 0 Å². The second kappa shape index (κ2) is 10.1. The first-order chi connectivity index (χ1) is 14.5. The zero-order valence-electron chi connectivity index (χ0n) is 19.2. The van der Waals surface area contributed by atoms with Crippen molar-refractivity contribution < 1.29 is 4.39 Å². The highest BCUT2D eigenvalue weighted by molar-refractivity contribution is 5.80. The molecular weight excluding hydrogens is 367 g/mol. The van der Waals surface area contributed by atoms with Crippen LogP contribution in [0.3, 0.4) is 0 Å². The minimum absolute atomic E-state index is 0.0417. The summed E-state index contributed by atoms with van der Waals surface area (Å²) >= 11 is 0. The molecule has 3 aromatic carbocycles. The van der Waals surface area contributed by atoms with Gasteiger partial charge in [-0.1, -0.05) is 82.6 Å². The molecule has 0 nitrogen and oxygen atoms in total. The normalized spacial score (nSPS) is 11.3. The maximum Gasteiger partial charge on any atom is 0.127 e. The van der Waals surface area contributed by atoms with E-state index in [2.05, 4.69) is 83.1 Å². The standard InChI is InChI=1S/C29H35F/c1-6-11-22-18-23(19-29(30)27(22)17-16-20(3)4)26-14-10-15-28(24(26)7-2)25-13-9-8-12-21(25)5/h8-10,12-15,18-20H,6-7,11,16-17H2,1-5H3. The molecule has 3 rings (SSSR count). The third-order valence-corrected chi connectivity index (χ3v) is 6.05. The fourth-order valence-electron chi connectivity index (χ4n) is 4.42. The van der Waals surface area contributed by atoms with Crippen molar-refractivity contribution in [1.29, 1.82) is 0 Å². The molecule has 0 atom stereocenters. The van der Waals surface area contributed by atoms with E-state index in [1.54, 1.807) is 6.07 Å². The van der Waals surface area contributed by atoms with Crippen LogP contribution in [-0.2, 0) is 19.3 Å². The molecule has 0 aromatic heterocycles. The van der Waals surface area contributed by atoms with Crippen molar-refractivity contribution in [3.05, 3.63) is 82.7 Å². The summed E-state index contributed by atoms with van der Waals surface area (Å²) in [5.74, 6) is 0.538. The summed E-state index contributed by atoms with van der Waals surface area (Å²) in [6.45, 7) is 10.9. The lowest BCUT2D eigenvalue weighted by Gasteiger charge is -2.18. The summed E-state index contributed by atoms with van der Waals surface area (Å²) in [5.41, 5.74) is 9.35. The van der Waals surface area contributed by atoms with E-state index in [9.17, 15) is 0 Å². The van der Waals surface area contributed by atoms with Crippen LogP contribution in [0.5, 0.6) is 0 Å². The minimum Gasteiger partial charge on any atom is -0.207 e.